The summed E-state index contributed by atoms with van der Waals surface area (Å²) in [5.74, 6) is -0.0165. The first-order valence-corrected chi connectivity index (χ1v) is 4.13. The highest BCUT2D eigenvalue weighted by Gasteiger charge is 2.19. The summed E-state index contributed by atoms with van der Waals surface area (Å²) in [4.78, 5) is 10.3. The first-order valence-electron chi connectivity index (χ1n) is 4.13. The summed E-state index contributed by atoms with van der Waals surface area (Å²) < 4.78 is 0. The Kier molecular flexibility index (Phi) is 2.88. The molecule has 2 N–H and O–H groups in total. The van der Waals surface area contributed by atoms with Gasteiger partial charge in [0.2, 0.25) is 0 Å². The molecule has 1 heterocycles. The minimum atomic E-state index is -0.698. The summed E-state index contributed by atoms with van der Waals surface area (Å²) in [6.45, 7) is 3.15. The number of hydrogen-bond acceptors (Lipinski definition) is 2. The van der Waals surface area contributed by atoms with Crippen molar-refractivity contribution in [1.29, 1.82) is 0 Å². The van der Waals surface area contributed by atoms with Crippen LogP contribution in [0.4, 0.5) is 0 Å². The van der Waals surface area contributed by atoms with E-state index in [-0.39, 0.29) is 12.5 Å². The smallest absolute Gasteiger partial charge is 0.304 e. The minimum absolute atomic E-state index is 0.205. The number of carbonyl (C=O) groups is 1. The zero-order valence-electron chi connectivity index (χ0n) is 6.84. The predicted molar refractivity (Wildman–Crippen MR) is 42.4 cm³/mol. The normalized spacial score (nSPS) is 31.7. The monoisotopic (exact) mass is 157 g/mol. The number of nitrogens with one attached hydrogen (secondary N) is 1. The molecular formula is C8H15NO2. The van der Waals surface area contributed by atoms with Crippen molar-refractivity contribution in [3.63, 3.8) is 0 Å². The maximum absolute atomic E-state index is 10.3. The topological polar surface area (TPSA) is 49.3 Å². The van der Waals surface area contributed by atoms with Gasteiger partial charge in [-0.05, 0) is 25.3 Å². The first-order chi connectivity index (χ1) is 5.18. The van der Waals surface area contributed by atoms with Crippen molar-refractivity contribution in [2.75, 3.05) is 6.54 Å². The Hall–Kier alpha value is -0.570. The van der Waals surface area contributed by atoms with E-state index >= 15 is 0 Å². The van der Waals surface area contributed by atoms with Crippen LogP contribution in [-0.4, -0.2) is 23.7 Å². The van der Waals surface area contributed by atoms with E-state index in [4.69, 9.17) is 5.11 Å². The second-order valence-corrected chi connectivity index (χ2v) is 3.38. The van der Waals surface area contributed by atoms with Gasteiger partial charge in [-0.15, -0.1) is 0 Å². The molecule has 0 aromatic heterocycles. The van der Waals surface area contributed by atoms with Crippen LogP contribution >= 0.6 is 0 Å². The van der Waals surface area contributed by atoms with Crippen LogP contribution in [0, 0.1) is 5.92 Å². The van der Waals surface area contributed by atoms with Gasteiger partial charge in [0.05, 0.1) is 6.42 Å². The molecule has 3 heteroatoms. The minimum Gasteiger partial charge on any atom is -0.481 e. The average molecular weight is 157 g/mol. The molecule has 0 aromatic carbocycles. The highest BCUT2D eigenvalue weighted by molar-refractivity contribution is 5.67. The van der Waals surface area contributed by atoms with Crippen LogP contribution in [0.2, 0.25) is 0 Å². The maximum atomic E-state index is 10.3. The lowest BCUT2D eigenvalue weighted by molar-refractivity contribution is -0.137. The Morgan fingerprint density at radius 1 is 1.73 bits per heavy atom. The number of rotatable bonds is 2. The number of carboxylic acids is 1. The molecule has 0 spiro atoms. The van der Waals surface area contributed by atoms with E-state index in [0.717, 1.165) is 13.0 Å². The van der Waals surface area contributed by atoms with Crippen molar-refractivity contribution in [1.82, 2.24) is 5.32 Å². The second-order valence-electron chi connectivity index (χ2n) is 3.38. The van der Waals surface area contributed by atoms with Gasteiger partial charge < -0.3 is 10.4 Å². The third-order valence-electron chi connectivity index (χ3n) is 2.18. The number of piperidine rings is 1. The molecule has 0 radical (unpaired) electrons. The summed E-state index contributed by atoms with van der Waals surface area (Å²) in [5, 5.41) is 11.7. The Morgan fingerprint density at radius 2 is 2.45 bits per heavy atom. The number of hydrogen-bond donors (Lipinski definition) is 2. The van der Waals surface area contributed by atoms with E-state index in [9.17, 15) is 4.79 Å². The fraction of sp³-hybridized carbons (Fsp3) is 0.875. The van der Waals surface area contributed by atoms with Crippen LogP contribution in [0.1, 0.15) is 26.2 Å². The van der Waals surface area contributed by atoms with E-state index in [0.29, 0.717) is 5.92 Å². The van der Waals surface area contributed by atoms with E-state index in [1.807, 2.05) is 0 Å². The molecule has 0 unspecified atom stereocenters. The Balaban J connectivity index is 2.28. The van der Waals surface area contributed by atoms with E-state index in [1.165, 1.54) is 6.42 Å². The second kappa shape index (κ2) is 3.72. The van der Waals surface area contributed by atoms with Crippen LogP contribution in [0.3, 0.4) is 0 Å². The largest absolute Gasteiger partial charge is 0.481 e. The Bertz CT molecular complexity index is 147. The zero-order valence-corrected chi connectivity index (χ0v) is 6.84. The van der Waals surface area contributed by atoms with Crippen molar-refractivity contribution < 1.29 is 9.90 Å². The van der Waals surface area contributed by atoms with Crippen molar-refractivity contribution >= 4 is 5.97 Å². The number of carboxylic acid groups (broad SMARTS) is 1. The molecule has 1 aliphatic heterocycles. The van der Waals surface area contributed by atoms with E-state index < -0.39 is 5.97 Å². The molecule has 64 valence electrons. The van der Waals surface area contributed by atoms with Crippen molar-refractivity contribution in [2.24, 2.45) is 5.92 Å². The standard InChI is InChI=1S/C8H15NO2/c1-6-2-3-9-7(4-6)5-8(10)11/h6-7,9H,2-5H2,1H3,(H,10,11)/t6-,7-/m1/s1. The molecule has 11 heavy (non-hydrogen) atoms. The average Bonchev–Trinajstić information content (AvgIpc) is 1.85. The van der Waals surface area contributed by atoms with Crippen molar-refractivity contribution in [3.8, 4) is 0 Å². The lowest BCUT2D eigenvalue weighted by Gasteiger charge is -2.26. The van der Waals surface area contributed by atoms with Gasteiger partial charge in [0.15, 0.2) is 0 Å². The first kappa shape index (κ1) is 8.53. The molecule has 0 aromatic rings. The highest BCUT2D eigenvalue weighted by atomic mass is 16.4. The zero-order chi connectivity index (χ0) is 8.27. The number of aliphatic carboxylic acids is 1. The Labute approximate surface area is 66.8 Å². The summed E-state index contributed by atoms with van der Waals surface area (Å²) in [6.07, 6.45) is 2.45. The lowest BCUT2D eigenvalue weighted by atomic mass is 9.93. The SMILES string of the molecule is C[C@@H]1CCN[C@@H](CC(=O)O)C1. The summed E-state index contributed by atoms with van der Waals surface area (Å²) in [7, 11) is 0. The third kappa shape index (κ3) is 2.89. The molecule has 2 atom stereocenters. The van der Waals surface area contributed by atoms with Crippen LogP contribution in [0.25, 0.3) is 0 Å². The van der Waals surface area contributed by atoms with Crippen LogP contribution < -0.4 is 5.32 Å². The molecule has 0 amide bonds. The van der Waals surface area contributed by atoms with Gasteiger partial charge >= 0.3 is 5.97 Å². The van der Waals surface area contributed by atoms with Crippen LogP contribution in [0.5, 0.6) is 0 Å². The molecule has 0 aliphatic carbocycles. The molecule has 0 saturated carbocycles. The van der Waals surface area contributed by atoms with Gasteiger partial charge in [-0.1, -0.05) is 6.92 Å². The van der Waals surface area contributed by atoms with Crippen molar-refractivity contribution in [2.45, 2.75) is 32.2 Å². The predicted octanol–water partition coefficient (Wildman–Crippen LogP) is 0.849. The molecule has 1 aliphatic rings. The lowest BCUT2D eigenvalue weighted by Crippen LogP contribution is -2.38. The van der Waals surface area contributed by atoms with Crippen molar-refractivity contribution in [3.05, 3.63) is 0 Å². The van der Waals surface area contributed by atoms with Gasteiger partial charge in [0.25, 0.3) is 0 Å². The molecular weight excluding hydrogens is 142 g/mol. The molecule has 1 saturated heterocycles. The summed E-state index contributed by atoms with van der Waals surface area (Å²) in [6, 6.07) is 0.205. The molecule has 0 bridgehead atoms. The van der Waals surface area contributed by atoms with Crippen LogP contribution in [0.15, 0.2) is 0 Å². The third-order valence-corrected chi connectivity index (χ3v) is 2.18. The van der Waals surface area contributed by atoms with E-state index in [1.54, 1.807) is 0 Å². The van der Waals surface area contributed by atoms with Gasteiger partial charge in [-0.25, -0.2) is 0 Å². The van der Waals surface area contributed by atoms with Gasteiger partial charge in [-0.2, -0.15) is 0 Å². The van der Waals surface area contributed by atoms with Gasteiger partial charge in [0.1, 0.15) is 0 Å². The Morgan fingerprint density at radius 3 is 3.00 bits per heavy atom. The quantitative estimate of drug-likeness (QED) is 0.624. The van der Waals surface area contributed by atoms with Crippen LogP contribution in [-0.2, 0) is 4.79 Å². The summed E-state index contributed by atoms with van der Waals surface area (Å²) in [5.41, 5.74) is 0. The fourth-order valence-corrected chi connectivity index (χ4v) is 1.59. The van der Waals surface area contributed by atoms with Gasteiger partial charge in [0, 0.05) is 6.04 Å². The van der Waals surface area contributed by atoms with Gasteiger partial charge in [-0.3, -0.25) is 4.79 Å². The molecule has 3 nitrogen and oxygen atoms in total. The summed E-state index contributed by atoms with van der Waals surface area (Å²) >= 11 is 0. The molecule has 1 rings (SSSR count). The fourth-order valence-electron chi connectivity index (χ4n) is 1.59. The molecule has 1 fully saturated rings. The highest BCUT2D eigenvalue weighted by Crippen LogP contribution is 2.16. The van der Waals surface area contributed by atoms with E-state index in [2.05, 4.69) is 12.2 Å². The maximum Gasteiger partial charge on any atom is 0.304 e.